The van der Waals surface area contributed by atoms with Crippen LogP contribution in [0, 0.1) is 0 Å². The highest BCUT2D eigenvalue weighted by Crippen LogP contribution is 2.35. The van der Waals surface area contributed by atoms with Crippen LogP contribution < -0.4 is 10.6 Å². The molecule has 8 nitrogen and oxygen atoms in total. The number of aliphatic hydroxyl groups excluding tert-OH is 2. The third-order valence-electron chi connectivity index (χ3n) is 3.64. The number of carbonyl (C=O) groups excluding carboxylic acids is 1. The van der Waals surface area contributed by atoms with E-state index in [-0.39, 0.29) is 12.6 Å². The van der Waals surface area contributed by atoms with Crippen molar-refractivity contribution in [3.8, 4) is 0 Å². The Kier molecular flexibility index (Phi) is 5.36. The van der Waals surface area contributed by atoms with Crippen LogP contribution in [-0.2, 0) is 11.3 Å². The first kappa shape index (κ1) is 16.8. The maximum absolute atomic E-state index is 11.9. The molecule has 3 rings (SSSR count). The average molecular weight is 350 g/mol. The van der Waals surface area contributed by atoms with Crippen LogP contribution in [0.2, 0.25) is 0 Å². The van der Waals surface area contributed by atoms with Gasteiger partial charge in [0.05, 0.1) is 12.7 Å². The lowest BCUT2D eigenvalue weighted by Gasteiger charge is -2.09. The van der Waals surface area contributed by atoms with Crippen molar-refractivity contribution in [2.45, 2.75) is 31.3 Å². The number of carbonyl (C=O) groups is 1. The Balaban J connectivity index is 1.51. The zero-order valence-electron chi connectivity index (χ0n) is 12.8. The van der Waals surface area contributed by atoms with Crippen molar-refractivity contribution in [1.29, 1.82) is 0 Å². The van der Waals surface area contributed by atoms with Gasteiger partial charge in [-0.05, 0) is 5.56 Å². The second-order valence-electron chi connectivity index (χ2n) is 5.39. The quantitative estimate of drug-likeness (QED) is 0.640. The van der Waals surface area contributed by atoms with Crippen molar-refractivity contribution in [1.82, 2.24) is 15.5 Å². The number of anilines is 1. The molecule has 2 heterocycles. The molecule has 0 spiro atoms. The molecule has 1 aliphatic heterocycles. The van der Waals surface area contributed by atoms with E-state index in [0.29, 0.717) is 23.1 Å². The zero-order valence-corrected chi connectivity index (χ0v) is 13.6. The lowest BCUT2D eigenvalue weighted by molar-refractivity contribution is -0.0227. The number of urea groups is 1. The monoisotopic (exact) mass is 350 g/mol. The van der Waals surface area contributed by atoms with Gasteiger partial charge in [0, 0.05) is 13.0 Å². The number of aromatic nitrogens is 2. The number of hydrogen-bond acceptors (Lipinski definition) is 7. The van der Waals surface area contributed by atoms with Crippen LogP contribution in [0.25, 0.3) is 0 Å². The summed E-state index contributed by atoms with van der Waals surface area (Å²) in [7, 11) is 0. The van der Waals surface area contributed by atoms with Crippen LogP contribution in [0.4, 0.5) is 9.93 Å². The molecule has 0 radical (unpaired) electrons. The molecule has 3 atom stereocenters. The van der Waals surface area contributed by atoms with Gasteiger partial charge in [-0.15, -0.1) is 10.2 Å². The Hall–Kier alpha value is -2.07. The first-order chi connectivity index (χ1) is 11.7. The summed E-state index contributed by atoms with van der Waals surface area (Å²) >= 11 is 1.18. The van der Waals surface area contributed by atoms with Gasteiger partial charge in [0.2, 0.25) is 5.13 Å². The van der Waals surface area contributed by atoms with Crippen molar-refractivity contribution in [2.24, 2.45) is 0 Å². The molecule has 0 bridgehead atoms. The van der Waals surface area contributed by atoms with E-state index in [1.54, 1.807) is 0 Å². The zero-order chi connectivity index (χ0) is 16.9. The molecule has 0 unspecified atom stereocenters. The first-order valence-electron chi connectivity index (χ1n) is 7.52. The van der Waals surface area contributed by atoms with Crippen LogP contribution in [0.3, 0.4) is 0 Å². The second kappa shape index (κ2) is 7.67. The highest BCUT2D eigenvalue weighted by atomic mass is 32.1. The van der Waals surface area contributed by atoms with E-state index in [4.69, 9.17) is 9.84 Å². The van der Waals surface area contributed by atoms with Crippen LogP contribution in [0.5, 0.6) is 0 Å². The van der Waals surface area contributed by atoms with E-state index in [0.717, 1.165) is 5.56 Å². The van der Waals surface area contributed by atoms with Gasteiger partial charge in [0.1, 0.15) is 17.2 Å². The van der Waals surface area contributed by atoms with Crippen LogP contribution >= 0.6 is 11.3 Å². The van der Waals surface area contributed by atoms with E-state index in [1.165, 1.54) is 11.3 Å². The molecule has 2 amide bonds. The highest BCUT2D eigenvalue weighted by Gasteiger charge is 2.36. The lowest BCUT2D eigenvalue weighted by atomic mass is 10.1. The van der Waals surface area contributed by atoms with Gasteiger partial charge in [-0.2, -0.15) is 0 Å². The van der Waals surface area contributed by atoms with E-state index in [2.05, 4.69) is 20.8 Å². The summed E-state index contributed by atoms with van der Waals surface area (Å²) in [6.07, 6.45) is -1.41. The van der Waals surface area contributed by atoms with Crippen molar-refractivity contribution >= 4 is 22.5 Å². The maximum Gasteiger partial charge on any atom is 0.321 e. The number of aliphatic hydroxyl groups is 2. The fourth-order valence-electron chi connectivity index (χ4n) is 2.39. The summed E-state index contributed by atoms with van der Waals surface area (Å²) in [5, 5.41) is 33.0. The molecule has 1 fully saturated rings. The Morgan fingerprint density at radius 1 is 1.33 bits per heavy atom. The SMILES string of the molecule is O=C(NCc1ccccc1)Nc1nnc([C@H]2C[C@H](O)[C@@H](CO)O2)s1. The highest BCUT2D eigenvalue weighted by molar-refractivity contribution is 7.15. The predicted octanol–water partition coefficient (Wildman–Crippen LogP) is 1.04. The Morgan fingerprint density at radius 3 is 2.83 bits per heavy atom. The van der Waals surface area contributed by atoms with E-state index in [1.807, 2.05) is 30.3 Å². The standard InChI is InChI=1S/C15H18N4O4S/c20-8-12-10(21)6-11(23-12)13-18-19-15(24-13)17-14(22)16-7-9-4-2-1-3-5-9/h1-5,10-12,20-21H,6-8H2,(H2,16,17,19,22)/t10-,11+,12+/m0/s1. The van der Waals surface area contributed by atoms with Gasteiger partial charge in [-0.3, -0.25) is 5.32 Å². The fraction of sp³-hybridized carbons (Fsp3) is 0.400. The minimum Gasteiger partial charge on any atom is -0.394 e. The third-order valence-corrected chi connectivity index (χ3v) is 4.57. The third kappa shape index (κ3) is 4.06. The number of benzene rings is 1. The maximum atomic E-state index is 11.9. The van der Waals surface area contributed by atoms with Gasteiger partial charge in [0.15, 0.2) is 0 Å². The molecule has 24 heavy (non-hydrogen) atoms. The van der Waals surface area contributed by atoms with Crippen LogP contribution in [0.1, 0.15) is 23.1 Å². The number of hydrogen-bond donors (Lipinski definition) is 4. The number of nitrogens with one attached hydrogen (secondary N) is 2. The molecule has 1 aromatic heterocycles. The Morgan fingerprint density at radius 2 is 2.12 bits per heavy atom. The van der Waals surface area contributed by atoms with Crippen molar-refractivity contribution in [3.05, 3.63) is 40.9 Å². The summed E-state index contributed by atoms with van der Waals surface area (Å²) in [6, 6.07) is 9.19. The molecule has 0 aliphatic carbocycles. The summed E-state index contributed by atoms with van der Waals surface area (Å²) < 4.78 is 5.51. The van der Waals surface area contributed by atoms with Gasteiger partial charge >= 0.3 is 6.03 Å². The van der Waals surface area contributed by atoms with Crippen molar-refractivity contribution in [2.75, 3.05) is 11.9 Å². The summed E-state index contributed by atoms with van der Waals surface area (Å²) in [6.45, 7) is 0.165. The van der Waals surface area contributed by atoms with Crippen molar-refractivity contribution in [3.63, 3.8) is 0 Å². The van der Waals surface area contributed by atoms with E-state index in [9.17, 15) is 9.90 Å². The minimum absolute atomic E-state index is 0.247. The fourth-order valence-corrected chi connectivity index (χ4v) is 3.18. The van der Waals surface area contributed by atoms with Crippen molar-refractivity contribution < 1.29 is 19.7 Å². The summed E-state index contributed by atoms with van der Waals surface area (Å²) in [5.74, 6) is 0. The Labute approximate surface area is 142 Å². The van der Waals surface area contributed by atoms with Gasteiger partial charge in [0.25, 0.3) is 0 Å². The van der Waals surface area contributed by atoms with Crippen LogP contribution in [0.15, 0.2) is 30.3 Å². The summed E-state index contributed by atoms with van der Waals surface area (Å²) in [5.41, 5.74) is 0.994. The molecule has 1 aromatic carbocycles. The molecular formula is C15H18N4O4S. The number of nitrogens with zero attached hydrogens (tertiary/aromatic N) is 2. The lowest BCUT2D eigenvalue weighted by Crippen LogP contribution is -2.28. The van der Waals surface area contributed by atoms with Crippen LogP contribution in [-0.4, -0.2) is 45.3 Å². The van der Waals surface area contributed by atoms with Gasteiger partial charge in [-0.25, -0.2) is 4.79 Å². The normalized spacial score (nSPS) is 23.2. The molecule has 4 N–H and O–H groups in total. The topological polar surface area (TPSA) is 117 Å². The Bertz CT molecular complexity index is 681. The molecular weight excluding hydrogens is 332 g/mol. The number of rotatable bonds is 5. The number of amides is 2. The molecule has 9 heteroatoms. The van der Waals surface area contributed by atoms with E-state index < -0.39 is 18.3 Å². The number of ether oxygens (including phenoxy) is 1. The molecule has 0 saturated carbocycles. The smallest absolute Gasteiger partial charge is 0.321 e. The van der Waals surface area contributed by atoms with E-state index >= 15 is 0 Å². The summed E-state index contributed by atoms with van der Waals surface area (Å²) in [4.78, 5) is 11.9. The average Bonchev–Trinajstić information content (AvgIpc) is 3.20. The molecule has 2 aromatic rings. The van der Waals surface area contributed by atoms with Gasteiger partial charge in [-0.1, -0.05) is 41.7 Å². The second-order valence-corrected chi connectivity index (χ2v) is 6.40. The minimum atomic E-state index is -0.727. The van der Waals surface area contributed by atoms with Gasteiger partial charge < -0.3 is 20.3 Å². The molecule has 1 aliphatic rings. The first-order valence-corrected chi connectivity index (χ1v) is 8.34. The predicted molar refractivity (Wildman–Crippen MR) is 87.5 cm³/mol. The molecule has 1 saturated heterocycles. The largest absolute Gasteiger partial charge is 0.394 e. The molecule has 128 valence electrons.